The fourth-order valence-electron chi connectivity index (χ4n) is 1.09. The molecule has 1 N–H and O–H groups in total. The normalized spacial score (nSPS) is 9.40. The zero-order valence-electron chi connectivity index (χ0n) is 8.40. The molecule has 0 heterocycles. The van der Waals surface area contributed by atoms with E-state index in [1.54, 1.807) is 6.07 Å². The Morgan fingerprint density at radius 3 is 2.93 bits per heavy atom. The van der Waals surface area contributed by atoms with E-state index in [1.807, 2.05) is 0 Å². The topological polar surface area (TPSA) is 55.8 Å². The van der Waals surface area contributed by atoms with E-state index in [9.17, 15) is 9.90 Å². The van der Waals surface area contributed by atoms with Crippen molar-refractivity contribution in [2.24, 2.45) is 0 Å². The van der Waals surface area contributed by atoms with Crippen LogP contribution in [0.2, 0.25) is 0 Å². The minimum absolute atomic E-state index is 0.0975. The van der Waals surface area contributed by atoms with E-state index in [-0.39, 0.29) is 23.7 Å². The molecule has 1 aromatic rings. The first-order valence-corrected chi connectivity index (χ1v) is 4.34. The number of esters is 1. The first-order valence-electron chi connectivity index (χ1n) is 4.34. The average molecular weight is 208 g/mol. The van der Waals surface area contributed by atoms with E-state index in [0.29, 0.717) is 0 Å². The lowest BCUT2D eigenvalue weighted by molar-refractivity contribution is 0.0595. The Hall–Kier alpha value is -1.97. The summed E-state index contributed by atoms with van der Waals surface area (Å²) in [6.45, 7) is 3.69. The van der Waals surface area contributed by atoms with Gasteiger partial charge in [0.05, 0.1) is 7.11 Å². The van der Waals surface area contributed by atoms with E-state index in [2.05, 4.69) is 11.3 Å². The molecule has 80 valence electrons. The van der Waals surface area contributed by atoms with Crippen molar-refractivity contribution in [2.75, 3.05) is 13.7 Å². The number of methoxy groups -OCH3 is 1. The molecule has 0 aliphatic carbocycles. The van der Waals surface area contributed by atoms with Gasteiger partial charge < -0.3 is 14.6 Å². The van der Waals surface area contributed by atoms with Gasteiger partial charge in [0.25, 0.3) is 0 Å². The van der Waals surface area contributed by atoms with Crippen LogP contribution >= 0.6 is 0 Å². The Bertz CT molecular complexity index is 371. The number of hydrogen-bond donors (Lipinski definition) is 1. The first kappa shape index (κ1) is 11.1. The second-order valence-corrected chi connectivity index (χ2v) is 2.75. The molecule has 1 aromatic carbocycles. The molecule has 0 aliphatic heterocycles. The van der Waals surface area contributed by atoms with Crippen LogP contribution in [0.15, 0.2) is 30.9 Å². The standard InChI is InChI=1S/C11H12O4/c1-3-7-15-10-8(11(13)14-2)5-4-6-9(10)12/h3-6,12H,1,7H2,2H3. The molecule has 1 rings (SSSR count). The second-order valence-electron chi connectivity index (χ2n) is 2.75. The van der Waals surface area contributed by atoms with Crippen molar-refractivity contribution < 1.29 is 19.4 Å². The number of rotatable bonds is 4. The lowest BCUT2D eigenvalue weighted by Gasteiger charge is -2.09. The third-order valence-corrected chi connectivity index (χ3v) is 1.75. The largest absolute Gasteiger partial charge is 0.504 e. The molecular weight excluding hydrogens is 196 g/mol. The van der Waals surface area contributed by atoms with E-state index >= 15 is 0 Å². The summed E-state index contributed by atoms with van der Waals surface area (Å²) < 4.78 is 9.73. The van der Waals surface area contributed by atoms with Crippen molar-refractivity contribution in [1.29, 1.82) is 0 Å². The van der Waals surface area contributed by atoms with Gasteiger partial charge in [-0.05, 0) is 12.1 Å². The van der Waals surface area contributed by atoms with Gasteiger partial charge in [-0.1, -0.05) is 18.7 Å². The summed E-state index contributed by atoms with van der Waals surface area (Å²) in [5.41, 5.74) is 0.194. The molecule has 4 heteroatoms. The van der Waals surface area contributed by atoms with Crippen LogP contribution in [-0.4, -0.2) is 24.8 Å². The lowest BCUT2D eigenvalue weighted by atomic mass is 10.2. The summed E-state index contributed by atoms with van der Waals surface area (Å²) in [4.78, 5) is 11.3. The van der Waals surface area contributed by atoms with Gasteiger partial charge >= 0.3 is 5.97 Å². The molecule has 0 saturated heterocycles. The van der Waals surface area contributed by atoms with Gasteiger partial charge in [0.1, 0.15) is 12.2 Å². The smallest absolute Gasteiger partial charge is 0.341 e. The molecule has 0 radical (unpaired) electrons. The van der Waals surface area contributed by atoms with Crippen molar-refractivity contribution in [3.8, 4) is 11.5 Å². The maximum Gasteiger partial charge on any atom is 0.341 e. The highest BCUT2D eigenvalue weighted by molar-refractivity contribution is 5.93. The lowest BCUT2D eigenvalue weighted by Crippen LogP contribution is -2.05. The summed E-state index contributed by atoms with van der Waals surface area (Å²) in [6, 6.07) is 4.50. The van der Waals surface area contributed by atoms with E-state index in [0.717, 1.165) is 0 Å². The number of carbonyl (C=O) groups excluding carboxylic acids is 1. The summed E-state index contributed by atoms with van der Waals surface area (Å²) in [6.07, 6.45) is 1.52. The van der Waals surface area contributed by atoms with Crippen LogP contribution in [0.5, 0.6) is 11.5 Å². The Morgan fingerprint density at radius 2 is 2.33 bits per heavy atom. The molecule has 0 bridgehead atoms. The van der Waals surface area contributed by atoms with Crippen LogP contribution in [0.1, 0.15) is 10.4 Å². The first-order chi connectivity index (χ1) is 7.20. The highest BCUT2D eigenvalue weighted by atomic mass is 16.5. The second kappa shape index (κ2) is 5.05. The zero-order chi connectivity index (χ0) is 11.3. The number of phenols is 1. The van der Waals surface area contributed by atoms with Crippen LogP contribution in [0.25, 0.3) is 0 Å². The predicted octanol–water partition coefficient (Wildman–Crippen LogP) is 1.74. The molecule has 0 atom stereocenters. The minimum Gasteiger partial charge on any atom is -0.504 e. The average Bonchev–Trinajstić information content (AvgIpc) is 2.26. The van der Waals surface area contributed by atoms with Gasteiger partial charge in [0.2, 0.25) is 0 Å². The quantitative estimate of drug-likeness (QED) is 0.605. The van der Waals surface area contributed by atoms with Gasteiger partial charge in [0.15, 0.2) is 11.5 Å². The number of phenolic OH excluding ortho intramolecular Hbond substituents is 1. The Balaban J connectivity index is 3.07. The minimum atomic E-state index is -0.551. The maximum absolute atomic E-state index is 11.3. The summed E-state index contributed by atoms with van der Waals surface area (Å²) in [7, 11) is 1.27. The van der Waals surface area contributed by atoms with Crippen LogP contribution in [0, 0.1) is 0 Å². The van der Waals surface area contributed by atoms with Crippen molar-refractivity contribution >= 4 is 5.97 Å². The van der Waals surface area contributed by atoms with Gasteiger partial charge in [-0.15, -0.1) is 0 Å². The van der Waals surface area contributed by atoms with Crippen molar-refractivity contribution in [3.63, 3.8) is 0 Å². The predicted molar refractivity (Wildman–Crippen MR) is 55.1 cm³/mol. The van der Waals surface area contributed by atoms with Gasteiger partial charge in [-0.25, -0.2) is 4.79 Å². The Morgan fingerprint density at radius 1 is 1.60 bits per heavy atom. The highest BCUT2D eigenvalue weighted by Crippen LogP contribution is 2.30. The molecule has 15 heavy (non-hydrogen) atoms. The van der Waals surface area contributed by atoms with Crippen LogP contribution in [0.3, 0.4) is 0 Å². The Labute approximate surface area is 87.7 Å². The fourth-order valence-corrected chi connectivity index (χ4v) is 1.09. The molecule has 0 aromatic heterocycles. The number of ether oxygens (including phenoxy) is 2. The molecular formula is C11H12O4. The molecule has 0 fully saturated rings. The molecule has 0 aliphatic rings. The number of benzene rings is 1. The summed E-state index contributed by atoms with van der Waals surface area (Å²) >= 11 is 0. The van der Waals surface area contributed by atoms with Crippen molar-refractivity contribution in [3.05, 3.63) is 36.4 Å². The van der Waals surface area contributed by atoms with Crippen molar-refractivity contribution in [1.82, 2.24) is 0 Å². The van der Waals surface area contributed by atoms with Crippen LogP contribution < -0.4 is 4.74 Å². The summed E-state index contributed by atoms with van der Waals surface area (Å²) in [5, 5.41) is 9.50. The zero-order valence-corrected chi connectivity index (χ0v) is 8.40. The summed E-state index contributed by atoms with van der Waals surface area (Å²) in [5.74, 6) is -0.533. The van der Waals surface area contributed by atoms with E-state index < -0.39 is 5.97 Å². The van der Waals surface area contributed by atoms with E-state index in [1.165, 1.54) is 25.3 Å². The molecule has 0 saturated carbocycles. The maximum atomic E-state index is 11.3. The molecule has 0 unspecified atom stereocenters. The third-order valence-electron chi connectivity index (χ3n) is 1.75. The SMILES string of the molecule is C=CCOc1c(O)cccc1C(=O)OC. The number of hydrogen-bond acceptors (Lipinski definition) is 4. The number of para-hydroxylation sites is 1. The van der Waals surface area contributed by atoms with E-state index in [4.69, 9.17) is 4.74 Å². The fraction of sp³-hybridized carbons (Fsp3) is 0.182. The van der Waals surface area contributed by atoms with Crippen LogP contribution in [0.4, 0.5) is 0 Å². The number of aromatic hydroxyl groups is 1. The monoisotopic (exact) mass is 208 g/mol. The molecule has 4 nitrogen and oxygen atoms in total. The van der Waals surface area contributed by atoms with Crippen molar-refractivity contribution in [2.45, 2.75) is 0 Å². The van der Waals surface area contributed by atoms with Gasteiger partial charge in [-0.3, -0.25) is 0 Å². The third kappa shape index (κ3) is 2.49. The number of carbonyl (C=O) groups is 1. The molecule has 0 amide bonds. The Kier molecular flexibility index (Phi) is 3.74. The molecule has 0 spiro atoms. The van der Waals surface area contributed by atoms with Crippen LogP contribution in [-0.2, 0) is 4.74 Å². The highest BCUT2D eigenvalue weighted by Gasteiger charge is 2.15. The van der Waals surface area contributed by atoms with Gasteiger partial charge in [0, 0.05) is 0 Å². The van der Waals surface area contributed by atoms with Gasteiger partial charge in [-0.2, -0.15) is 0 Å².